The lowest BCUT2D eigenvalue weighted by Crippen LogP contribution is -2.39. The van der Waals surface area contributed by atoms with Gasteiger partial charge in [0.15, 0.2) is 0 Å². The number of piperidine rings is 1. The third-order valence-electron chi connectivity index (χ3n) is 4.34. The Bertz CT molecular complexity index is 698. The SMILES string of the molecule is CCCC(=O)N1CCC[C@@H](c2nnc(-c3cccc(OC)c3)o2)C1. The Kier molecular flexibility index (Phi) is 5.13. The van der Waals surface area contributed by atoms with E-state index in [1.165, 1.54) is 0 Å². The minimum Gasteiger partial charge on any atom is -0.497 e. The van der Waals surface area contributed by atoms with Crippen LogP contribution in [0, 0.1) is 0 Å². The van der Waals surface area contributed by atoms with Crippen LogP contribution in [0.1, 0.15) is 44.4 Å². The molecule has 24 heavy (non-hydrogen) atoms. The molecule has 1 aliphatic heterocycles. The second kappa shape index (κ2) is 7.47. The van der Waals surface area contributed by atoms with E-state index in [-0.39, 0.29) is 11.8 Å². The molecule has 0 bridgehead atoms. The molecule has 128 valence electrons. The highest BCUT2D eigenvalue weighted by Gasteiger charge is 2.28. The predicted molar refractivity (Wildman–Crippen MR) is 89.7 cm³/mol. The van der Waals surface area contributed by atoms with Crippen molar-refractivity contribution in [3.63, 3.8) is 0 Å². The van der Waals surface area contributed by atoms with Crippen LogP contribution in [0.5, 0.6) is 5.75 Å². The van der Waals surface area contributed by atoms with E-state index in [2.05, 4.69) is 10.2 Å². The van der Waals surface area contributed by atoms with Crippen LogP contribution in [-0.4, -0.2) is 41.2 Å². The zero-order chi connectivity index (χ0) is 16.9. The summed E-state index contributed by atoms with van der Waals surface area (Å²) in [6.45, 7) is 3.52. The molecule has 6 nitrogen and oxygen atoms in total. The van der Waals surface area contributed by atoms with Gasteiger partial charge in [-0.05, 0) is 37.5 Å². The lowest BCUT2D eigenvalue weighted by Gasteiger charge is -2.31. The molecule has 1 aromatic heterocycles. The number of amides is 1. The highest BCUT2D eigenvalue weighted by Crippen LogP contribution is 2.29. The number of ether oxygens (including phenoxy) is 1. The maximum absolute atomic E-state index is 12.1. The molecule has 0 saturated carbocycles. The van der Waals surface area contributed by atoms with Crippen molar-refractivity contribution in [1.29, 1.82) is 0 Å². The monoisotopic (exact) mass is 329 g/mol. The van der Waals surface area contributed by atoms with E-state index in [0.29, 0.717) is 24.7 Å². The van der Waals surface area contributed by atoms with Gasteiger partial charge in [-0.3, -0.25) is 4.79 Å². The first-order valence-corrected chi connectivity index (χ1v) is 8.47. The first kappa shape index (κ1) is 16.5. The standard InChI is InChI=1S/C18H23N3O3/c1-3-6-16(22)21-10-5-8-14(12-21)18-20-19-17(24-18)13-7-4-9-15(11-13)23-2/h4,7,9,11,14H,3,5-6,8,10,12H2,1-2H3/t14-/m1/s1. The van der Waals surface area contributed by atoms with E-state index < -0.39 is 0 Å². The Morgan fingerprint density at radius 2 is 2.29 bits per heavy atom. The Hall–Kier alpha value is -2.37. The van der Waals surface area contributed by atoms with E-state index in [4.69, 9.17) is 9.15 Å². The van der Waals surface area contributed by atoms with Crippen LogP contribution in [0.4, 0.5) is 0 Å². The average Bonchev–Trinajstić information content (AvgIpc) is 3.12. The molecule has 1 aromatic carbocycles. The summed E-state index contributed by atoms with van der Waals surface area (Å²) in [5, 5.41) is 8.38. The van der Waals surface area contributed by atoms with Gasteiger partial charge < -0.3 is 14.1 Å². The van der Waals surface area contributed by atoms with Crippen molar-refractivity contribution in [2.75, 3.05) is 20.2 Å². The van der Waals surface area contributed by atoms with Crippen molar-refractivity contribution in [2.45, 2.75) is 38.5 Å². The summed E-state index contributed by atoms with van der Waals surface area (Å²) >= 11 is 0. The van der Waals surface area contributed by atoms with Crippen molar-refractivity contribution >= 4 is 5.91 Å². The Balaban J connectivity index is 1.74. The molecular formula is C18H23N3O3. The van der Waals surface area contributed by atoms with Crippen molar-refractivity contribution < 1.29 is 13.9 Å². The molecule has 0 unspecified atom stereocenters. The van der Waals surface area contributed by atoms with Gasteiger partial charge in [-0.15, -0.1) is 10.2 Å². The van der Waals surface area contributed by atoms with E-state index in [0.717, 1.165) is 37.1 Å². The molecule has 1 aliphatic rings. The van der Waals surface area contributed by atoms with Crippen LogP contribution >= 0.6 is 0 Å². The van der Waals surface area contributed by atoms with Crippen LogP contribution in [0.25, 0.3) is 11.5 Å². The van der Waals surface area contributed by atoms with Gasteiger partial charge in [0.2, 0.25) is 17.7 Å². The number of hydrogen-bond acceptors (Lipinski definition) is 5. The van der Waals surface area contributed by atoms with Crippen LogP contribution in [0.2, 0.25) is 0 Å². The molecule has 0 radical (unpaired) electrons. The predicted octanol–water partition coefficient (Wildman–Crippen LogP) is 3.25. The van der Waals surface area contributed by atoms with Crippen molar-refractivity contribution in [3.8, 4) is 17.2 Å². The first-order chi connectivity index (χ1) is 11.7. The van der Waals surface area contributed by atoms with Gasteiger partial charge in [-0.1, -0.05) is 13.0 Å². The number of aromatic nitrogens is 2. The highest BCUT2D eigenvalue weighted by molar-refractivity contribution is 5.76. The van der Waals surface area contributed by atoms with Crippen LogP contribution in [0.15, 0.2) is 28.7 Å². The minimum absolute atomic E-state index is 0.117. The van der Waals surface area contributed by atoms with E-state index >= 15 is 0 Å². The quantitative estimate of drug-likeness (QED) is 0.842. The number of methoxy groups -OCH3 is 1. The largest absolute Gasteiger partial charge is 0.497 e. The van der Waals surface area contributed by atoms with Gasteiger partial charge in [0, 0.05) is 25.1 Å². The number of carbonyl (C=O) groups is 1. The number of rotatable bonds is 5. The van der Waals surface area contributed by atoms with E-state index in [9.17, 15) is 4.79 Å². The normalized spacial score (nSPS) is 17.8. The zero-order valence-corrected chi connectivity index (χ0v) is 14.2. The smallest absolute Gasteiger partial charge is 0.247 e. The lowest BCUT2D eigenvalue weighted by molar-refractivity contribution is -0.132. The van der Waals surface area contributed by atoms with Gasteiger partial charge in [-0.25, -0.2) is 0 Å². The van der Waals surface area contributed by atoms with Gasteiger partial charge in [0.25, 0.3) is 0 Å². The molecule has 1 amide bonds. The molecule has 6 heteroatoms. The molecule has 0 N–H and O–H groups in total. The summed E-state index contributed by atoms with van der Waals surface area (Å²) in [7, 11) is 1.63. The molecule has 1 atom stereocenters. The summed E-state index contributed by atoms with van der Waals surface area (Å²) in [6.07, 6.45) is 3.42. The molecule has 0 aliphatic carbocycles. The third-order valence-corrected chi connectivity index (χ3v) is 4.34. The first-order valence-electron chi connectivity index (χ1n) is 8.47. The van der Waals surface area contributed by atoms with Crippen molar-refractivity contribution in [1.82, 2.24) is 15.1 Å². The molecule has 3 rings (SSSR count). The lowest BCUT2D eigenvalue weighted by atomic mass is 9.97. The molecule has 2 aromatic rings. The molecule has 2 heterocycles. The number of benzene rings is 1. The van der Waals surface area contributed by atoms with Gasteiger partial charge in [0.1, 0.15) is 5.75 Å². The Labute approximate surface area is 141 Å². The summed E-state index contributed by atoms with van der Waals surface area (Å²) in [6, 6.07) is 7.55. The second-order valence-corrected chi connectivity index (χ2v) is 6.11. The number of nitrogens with zero attached hydrogens (tertiary/aromatic N) is 3. The van der Waals surface area contributed by atoms with Crippen LogP contribution in [-0.2, 0) is 4.79 Å². The maximum Gasteiger partial charge on any atom is 0.247 e. The number of hydrogen-bond donors (Lipinski definition) is 0. The summed E-state index contributed by atoms with van der Waals surface area (Å²) in [5.41, 5.74) is 0.836. The number of carbonyl (C=O) groups excluding carboxylic acids is 1. The summed E-state index contributed by atoms with van der Waals surface area (Å²) in [4.78, 5) is 14.0. The molecule has 0 spiro atoms. The molecule has 1 fully saturated rings. The average molecular weight is 329 g/mol. The molecular weight excluding hydrogens is 306 g/mol. The number of likely N-dealkylation sites (tertiary alicyclic amines) is 1. The van der Waals surface area contributed by atoms with E-state index in [1.54, 1.807) is 7.11 Å². The second-order valence-electron chi connectivity index (χ2n) is 6.11. The van der Waals surface area contributed by atoms with Crippen molar-refractivity contribution in [2.24, 2.45) is 0 Å². The zero-order valence-electron chi connectivity index (χ0n) is 14.2. The fourth-order valence-electron chi connectivity index (χ4n) is 3.05. The summed E-state index contributed by atoms with van der Waals surface area (Å²) in [5.74, 6) is 2.19. The molecule has 1 saturated heterocycles. The topological polar surface area (TPSA) is 68.5 Å². The van der Waals surface area contributed by atoms with Crippen LogP contribution < -0.4 is 4.74 Å². The van der Waals surface area contributed by atoms with Gasteiger partial charge in [0.05, 0.1) is 13.0 Å². The maximum atomic E-state index is 12.1. The Morgan fingerprint density at radius 1 is 1.42 bits per heavy atom. The van der Waals surface area contributed by atoms with Gasteiger partial charge in [-0.2, -0.15) is 0 Å². The fraction of sp³-hybridized carbons (Fsp3) is 0.500. The van der Waals surface area contributed by atoms with Crippen LogP contribution in [0.3, 0.4) is 0 Å². The van der Waals surface area contributed by atoms with Crippen molar-refractivity contribution in [3.05, 3.63) is 30.2 Å². The Morgan fingerprint density at radius 3 is 3.08 bits per heavy atom. The minimum atomic E-state index is 0.117. The highest BCUT2D eigenvalue weighted by atomic mass is 16.5. The van der Waals surface area contributed by atoms with E-state index in [1.807, 2.05) is 36.1 Å². The van der Waals surface area contributed by atoms with Gasteiger partial charge >= 0.3 is 0 Å². The fourth-order valence-corrected chi connectivity index (χ4v) is 3.05. The summed E-state index contributed by atoms with van der Waals surface area (Å²) < 4.78 is 11.1. The third kappa shape index (κ3) is 3.58.